The van der Waals surface area contributed by atoms with Crippen LogP contribution in [-0.4, -0.2) is 18.1 Å². The Morgan fingerprint density at radius 1 is 1.21 bits per heavy atom. The standard InChI is InChI=1S/C14H14N2O3/c1-19-11-5-2-9(3-6-11)16-14(18)12-8-10(17)4-7-13(12)15/h2-8,17H,15H2,1H3,(H,16,18). The van der Waals surface area contributed by atoms with E-state index < -0.39 is 0 Å². The molecule has 98 valence electrons. The minimum atomic E-state index is -0.376. The van der Waals surface area contributed by atoms with E-state index in [1.165, 1.54) is 18.2 Å². The highest BCUT2D eigenvalue weighted by atomic mass is 16.5. The van der Waals surface area contributed by atoms with Gasteiger partial charge in [-0.05, 0) is 42.5 Å². The van der Waals surface area contributed by atoms with Crippen molar-refractivity contribution in [2.24, 2.45) is 0 Å². The Hall–Kier alpha value is -2.69. The van der Waals surface area contributed by atoms with Crippen LogP contribution in [0, 0.1) is 0 Å². The number of benzene rings is 2. The van der Waals surface area contributed by atoms with Crippen LogP contribution in [0.2, 0.25) is 0 Å². The summed E-state index contributed by atoms with van der Waals surface area (Å²) in [6, 6.07) is 11.2. The Bertz CT molecular complexity index is 594. The molecule has 19 heavy (non-hydrogen) atoms. The topological polar surface area (TPSA) is 84.6 Å². The molecule has 0 bridgehead atoms. The largest absolute Gasteiger partial charge is 0.508 e. The van der Waals surface area contributed by atoms with E-state index in [9.17, 15) is 9.90 Å². The number of phenols is 1. The van der Waals surface area contributed by atoms with Crippen molar-refractivity contribution in [3.63, 3.8) is 0 Å². The van der Waals surface area contributed by atoms with E-state index in [4.69, 9.17) is 10.5 Å². The fourth-order valence-electron chi connectivity index (χ4n) is 1.61. The van der Waals surface area contributed by atoms with E-state index in [1.54, 1.807) is 31.4 Å². The zero-order chi connectivity index (χ0) is 13.8. The van der Waals surface area contributed by atoms with Crippen molar-refractivity contribution in [2.75, 3.05) is 18.2 Å². The summed E-state index contributed by atoms with van der Waals surface area (Å²) in [4.78, 5) is 12.0. The van der Waals surface area contributed by atoms with Gasteiger partial charge < -0.3 is 20.9 Å². The molecule has 0 unspecified atom stereocenters. The highest BCUT2D eigenvalue weighted by molar-refractivity contribution is 6.08. The fourth-order valence-corrected chi connectivity index (χ4v) is 1.61. The normalized spacial score (nSPS) is 9.95. The first kappa shape index (κ1) is 12.8. The number of aromatic hydroxyl groups is 1. The van der Waals surface area contributed by atoms with E-state index >= 15 is 0 Å². The summed E-state index contributed by atoms with van der Waals surface area (Å²) >= 11 is 0. The third-order valence-electron chi connectivity index (χ3n) is 2.63. The number of methoxy groups -OCH3 is 1. The Morgan fingerprint density at radius 3 is 2.53 bits per heavy atom. The number of phenolic OH excluding ortho intramolecular Hbond substituents is 1. The molecule has 0 saturated heterocycles. The van der Waals surface area contributed by atoms with Crippen LogP contribution in [0.15, 0.2) is 42.5 Å². The van der Waals surface area contributed by atoms with Crippen molar-refractivity contribution in [3.8, 4) is 11.5 Å². The molecule has 0 fully saturated rings. The van der Waals surface area contributed by atoms with Gasteiger partial charge in [0.2, 0.25) is 0 Å². The smallest absolute Gasteiger partial charge is 0.257 e. The number of nitrogens with two attached hydrogens (primary N) is 1. The van der Waals surface area contributed by atoms with Crippen molar-refractivity contribution in [3.05, 3.63) is 48.0 Å². The SMILES string of the molecule is COc1ccc(NC(=O)c2cc(O)ccc2N)cc1. The van der Waals surface area contributed by atoms with Gasteiger partial charge in [0, 0.05) is 11.4 Å². The van der Waals surface area contributed by atoms with Crippen molar-refractivity contribution in [2.45, 2.75) is 0 Å². The van der Waals surface area contributed by atoms with E-state index in [0.29, 0.717) is 17.1 Å². The minimum Gasteiger partial charge on any atom is -0.508 e. The second-order valence-corrected chi connectivity index (χ2v) is 3.95. The van der Waals surface area contributed by atoms with Crippen LogP contribution >= 0.6 is 0 Å². The summed E-state index contributed by atoms with van der Waals surface area (Å²) < 4.78 is 5.03. The maximum Gasteiger partial charge on any atom is 0.257 e. The van der Waals surface area contributed by atoms with Gasteiger partial charge in [-0.15, -0.1) is 0 Å². The van der Waals surface area contributed by atoms with Crippen molar-refractivity contribution < 1.29 is 14.6 Å². The number of nitrogens with one attached hydrogen (secondary N) is 1. The van der Waals surface area contributed by atoms with Crippen LogP contribution in [0.4, 0.5) is 11.4 Å². The third-order valence-corrected chi connectivity index (χ3v) is 2.63. The van der Waals surface area contributed by atoms with Gasteiger partial charge in [-0.1, -0.05) is 0 Å². The highest BCUT2D eigenvalue weighted by Gasteiger charge is 2.10. The van der Waals surface area contributed by atoms with Crippen LogP contribution in [0.5, 0.6) is 11.5 Å². The fraction of sp³-hybridized carbons (Fsp3) is 0.0714. The average Bonchev–Trinajstić information content (AvgIpc) is 2.42. The molecule has 0 aromatic heterocycles. The van der Waals surface area contributed by atoms with Crippen molar-refractivity contribution in [1.82, 2.24) is 0 Å². The molecule has 2 rings (SSSR count). The van der Waals surface area contributed by atoms with Gasteiger partial charge >= 0.3 is 0 Å². The van der Waals surface area contributed by atoms with E-state index in [-0.39, 0.29) is 17.2 Å². The predicted molar refractivity (Wildman–Crippen MR) is 73.5 cm³/mol. The lowest BCUT2D eigenvalue weighted by Gasteiger charge is -2.08. The Kier molecular flexibility index (Phi) is 3.56. The minimum absolute atomic E-state index is 0.00548. The molecule has 4 N–H and O–H groups in total. The van der Waals surface area contributed by atoms with Gasteiger partial charge in [-0.25, -0.2) is 0 Å². The zero-order valence-corrected chi connectivity index (χ0v) is 10.4. The maximum absolute atomic E-state index is 12.0. The van der Waals surface area contributed by atoms with Crippen LogP contribution < -0.4 is 15.8 Å². The van der Waals surface area contributed by atoms with Gasteiger partial charge in [-0.3, -0.25) is 4.79 Å². The first-order valence-electron chi connectivity index (χ1n) is 5.64. The van der Waals surface area contributed by atoms with E-state index in [1.807, 2.05) is 0 Å². The lowest BCUT2D eigenvalue weighted by molar-refractivity contribution is 0.102. The van der Waals surface area contributed by atoms with Crippen LogP contribution in [0.1, 0.15) is 10.4 Å². The second kappa shape index (κ2) is 5.30. The molecule has 0 aliphatic rings. The molecular weight excluding hydrogens is 244 g/mol. The summed E-state index contributed by atoms with van der Waals surface area (Å²) in [5.74, 6) is 0.322. The quantitative estimate of drug-likeness (QED) is 0.582. The summed E-state index contributed by atoms with van der Waals surface area (Å²) in [5.41, 5.74) is 6.86. The Labute approximate surface area is 110 Å². The number of nitrogen functional groups attached to an aromatic ring is 1. The first-order valence-corrected chi connectivity index (χ1v) is 5.64. The molecule has 5 heteroatoms. The van der Waals surface area contributed by atoms with Gasteiger partial charge in [0.15, 0.2) is 0 Å². The molecule has 0 spiro atoms. The highest BCUT2D eigenvalue weighted by Crippen LogP contribution is 2.21. The van der Waals surface area contributed by atoms with Crippen LogP contribution in [0.25, 0.3) is 0 Å². The Morgan fingerprint density at radius 2 is 1.89 bits per heavy atom. The zero-order valence-electron chi connectivity index (χ0n) is 10.4. The number of ether oxygens (including phenoxy) is 1. The van der Waals surface area contributed by atoms with Crippen molar-refractivity contribution in [1.29, 1.82) is 0 Å². The van der Waals surface area contributed by atoms with E-state index in [0.717, 1.165) is 0 Å². The van der Waals surface area contributed by atoms with Gasteiger partial charge in [0.05, 0.1) is 12.7 Å². The molecule has 0 radical (unpaired) electrons. The van der Waals surface area contributed by atoms with Crippen molar-refractivity contribution >= 4 is 17.3 Å². The third kappa shape index (κ3) is 2.95. The molecule has 0 aliphatic heterocycles. The monoisotopic (exact) mass is 258 g/mol. The first-order chi connectivity index (χ1) is 9.10. The molecule has 0 saturated carbocycles. The second-order valence-electron chi connectivity index (χ2n) is 3.95. The number of carbonyl (C=O) groups is 1. The number of hydrogen-bond acceptors (Lipinski definition) is 4. The predicted octanol–water partition coefficient (Wildman–Crippen LogP) is 2.24. The summed E-state index contributed by atoms with van der Waals surface area (Å²) in [5, 5.41) is 12.1. The Balaban J connectivity index is 2.18. The maximum atomic E-state index is 12.0. The number of anilines is 2. The molecular formula is C14H14N2O3. The molecule has 0 atom stereocenters. The average molecular weight is 258 g/mol. The summed E-state index contributed by atoms with van der Waals surface area (Å²) in [6.45, 7) is 0. The van der Waals surface area contributed by atoms with Gasteiger partial charge in [0.25, 0.3) is 5.91 Å². The lowest BCUT2D eigenvalue weighted by Crippen LogP contribution is -2.13. The number of carbonyl (C=O) groups excluding carboxylic acids is 1. The van der Waals surface area contributed by atoms with E-state index in [2.05, 4.69) is 5.32 Å². The number of hydrogen-bond donors (Lipinski definition) is 3. The molecule has 1 amide bonds. The van der Waals surface area contributed by atoms with Crippen LogP contribution in [0.3, 0.4) is 0 Å². The summed E-state index contributed by atoms with van der Waals surface area (Å²) in [7, 11) is 1.57. The van der Waals surface area contributed by atoms with Gasteiger partial charge in [-0.2, -0.15) is 0 Å². The van der Waals surface area contributed by atoms with Gasteiger partial charge in [0.1, 0.15) is 11.5 Å². The lowest BCUT2D eigenvalue weighted by atomic mass is 10.1. The molecule has 0 heterocycles. The molecule has 0 aliphatic carbocycles. The number of amides is 1. The number of rotatable bonds is 3. The molecule has 2 aromatic rings. The summed E-state index contributed by atoms with van der Waals surface area (Å²) in [6.07, 6.45) is 0. The molecule has 5 nitrogen and oxygen atoms in total. The molecule has 2 aromatic carbocycles. The van der Waals surface area contributed by atoms with Crippen LogP contribution in [-0.2, 0) is 0 Å².